The molecule has 0 spiro atoms. The Morgan fingerprint density at radius 3 is 2.40 bits per heavy atom. The highest BCUT2D eigenvalue weighted by molar-refractivity contribution is 9.10. The number of primary sulfonamides is 1. The van der Waals surface area contributed by atoms with Crippen LogP contribution in [-0.2, 0) is 10.0 Å². The minimum atomic E-state index is -4.30. The van der Waals surface area contributed by atoms with E-state index in [4.69, 9.17) is 0 Å². The van der Waals surface area contributed by atoms with Gasteiger partial charge in [-0.1, -0.05) is 0 Å². The number of H-pyrrole nitrogens is 1. The highest BCUT2D eigenvalue weighted by atomic mass is 79.9. The van der Waals surface area contributed by atoms with Crippen LogP contribution in [0.15, 0.2) is 20.5 Å². The second kappa shape index (κ2) is 3.99. The fourth-order valence-electron chi connectivity index (χ4n) is 0.911. The van der Waals surface area contributed by atoms with E-state index in [-0.39, 0.29) is 4.60 Å². The Hall–Kier alpha value is -0.800. The zero-order valence-electron chi connectivity index (χ0n) is 7.00. The summed E-state index contributed by atoms with van der Waals surface area (Å²) in [6.07, 6.45) is -2.34. The first-order valence-electron chi connectivity index (χ1n) is 3.47. The molecule has 0 aliphatic heterocycles. The van der Waals surface area contributed by atoms with E-state index in [2.05, 4.69) is 26.1 Å². The molecule has 0 amide bonds. The van der Waals surface area contributed by atoms with Crippen LogP contribution in [0, 0.1) is 0 Å². The third kappa shape index (κ3) is 2.41. The minimum absolute atomic E-state index is 0.269. The molecule has 1 aromatic rings. The first-order valence-corrected chi connectivity index (χ1v) is 5.81. The first-order chi connectivity index (χ1) is 6.75. The van der Waals surface area contributed by atoms with Crippen LogP contribution < -0.4 is 10.6 Å². The molecule has 15 heavy (non-hydrogen) atoms. The molecule has 0 saturated heterocycles. The molecule has 0 saturated carbocycles. The Morgan fingerprint density at radius 2 is 2.00 bits per heavy atom. The van der Waals surface area contributed by atoms with Gasteiger partial charge in [-0.25, -0.2) is 22.3 Å². The molecule has 0 atom stereocenters. The highest BCUT2D eigenvalue weighted by Gasteiger charge is 2.23. The molecule has 0 radical (unpaired) electrons. The number of hydrogen-bond acceptors (Lipinski definition) is 3. The average Bonchev–Trinajstić information content (AvgIpc) is 2.00. The normalized spacial score (nSPS) is 12.1. The number of aromatic amines is 1. The van der Waals surface area contributed by atoms with Gasteiger partial charge in [0.2, 0.25) is 15.5 Å². The van der Waals surface area contributed by atoms with Gasteiger partial charge in [-0.15, -0.1) is 0 Å². The lowest BCUT2D eigenvalue weighted by Gasteiger charge is -2.04. The van der Waals surface area contributed by atoms with Crippen LogP contribution in [0.25, 0.3) is 0 Å². The maximum atomic E-state index is 12.4. The van der Waals surface area contributed by atoms with Gasteiger partial charge in [0.1, 0.15) is 4.90 Å². The van der Waals surface area contributed by atoms with Crippen molar-refractivity contribution < 1.29 is 17.2 Å². The summed E-state index contributed by atoms with van der Waals surface area (Å²) in [5.74, 6) is 0. The van der Waals surface area contributed by atoms with E-state index in [0.717, 1.165) is 6.20 Å². The SMILES string of the molecule is NS(=O)(=O)c1c[nH]c(Br)c(C(F)F)c1=O. The fraction of sp³-hybridized carbons (Fsp3) is 0.167. The summed E-state index contributed by atoms with van der Waals surface area (Å²) in [5, 5.41) is 4.67. The lowest BCUT2D eigenvalue weighted by atomic mass is 10.3. The van der Waals surface area contributed by atoms with Crippen LogP contribution in [0.4, 0.5) is 8.78 Å². The Balaban J connectivity index is 3.65. The predicted molar refractivity (Wildman–Crippen MR) is 51.1 cm³/mol. The van der Waals surface area contributed by atoms with Crippen LogP contribution >= 0.6 is 15.9 Å². The van der Waals surface area contributed by atoms with Gasteiger partial charge in [-0.2, -0.15) is 0 Å². The maximum absolute atomic E-state index is 12.4. The van der Waals surface area contributed by atoms with Crippen molar-refractivity contribution in [2.24, 2.45) is 5.14 Å². The Bertz CT molecular complexity index is 540. The van der Waals surface area contributed by atoms with Crippen molar-refractivity contribution in [1.82, 2.24) is 4.98 Å². The Kier molecular flexibility index (Phi) is 3.26. The Labute approximate surface area is 91.5 Å². The average molecular weight is 303 g/mol. The van der Waals surface area contributed by atoms with Crippen molar-refractivity contribution >= 4 is 26.0 Å². The number of rotatable bonds is 2. The molecular weight excluding hydrogens is 298 g/mol. The van der Waals surface area contributed by atoms with Crippen LogP contribution in [0.2, 0.25) is 0 Å². The van der Waals surface area contributed by atoms with E-state index < -0.39 is 32.3 Å². The van der Waals surface area contributed by atoms with E-state index in [1.165, 1.54) is 0 Å². The molecule has 9 heteroatoms. The Morgan fingerprint density at radius 1 is 1.47 bits per heavy atom. The topological polar surface area (TPSA) is 93.0 Å². The minimum Gasteiger partial charge on any atom is -0.354 e. The van der Waals surface area contributed by atoms with Gasteiger partial charge in [0, 0.05) is 6.20 Å². The molecule has 1 aromatic heterocycles. The number of aromatic nitrogens is 1. The van der Waals surface area contributed by atoms with E-state index >= 15 is 0 Å². The summed E-state index contributed by atoms with van der Waals surface area (Å²) in [6.45, 7) is 0. The van der Waals surface area contributed by atoms with Crippen molar-refractivity contribution in [3.63, 3.8) is 0 Å². The van der Waals surface area contributed by atoms with Gasteiger partial charge in [-0.3, -0.25) is 4.79 Å². The van der Waals surface area contributed by atoms with Crippen molar-refractivity contribution in [1.29, 1.82) is 0 Å². The fourth-order valence-corrected chi connectivity index (χ4v) is 1.97. The zero-order valence-corrected chi connectivity index (χ0v) is 9.40. The van der Waals surface area contributed by atoms with Crippen molar-refractivity contribution in [3.8, 4) is 0 Å². The van der Waals surface area contributed by atoms with E-state index in [1.807, 2.05) is 0 Å². The van der Waals surface area contributed by atoms with Gasteiger partial charge < -0.3 is 4.98 Å². The van der Waals surface area contributed by atoms with E-state index in [9.17, 15) is 22.0 Å². The smallest absolute Gasteiger partial charge is 0.270 e. The molecular formula is C6H5BrF2N2O3S. The summed E-state index contributed by atoms with van der Waals surface area (Å²) in [6, 6.07) is 0. The number of alkyl halides is 2. The van der Waals surface area contributed by atoms with Crippen LogP contribution in [0.5, 0.6) is 0 Å². The quantitative estimate of drug-likeness (QED) is 0.788. The van der Waals surface area contributed by atoms with Crippen LogP contribution in [-0.4, -0.2) is 13.4 Å². The molecule has 3 N–H and O–H groups in total. The summed E-state index contributed by atoms with van der Waals surface area (Å²) in [5.41, 5.74) is -2.26. The molecule has 0 fully saturated rings. The number of pyridine rings is 1. The summed E-state index contributed by atoms with van der Waals surface area (Å²) >= 11 is 2.68. The third-order valence-corrected chi connectivity index (χ3v) is 3.13. The first kappa shape index (κ1) is 12.3. The summed E-state index contributed by atoms with van der Waals surface area (Å²) in [7, 11) is -4.30. The monoisotopic (exact) mass is 302 g/mol. The highest BCUT2D eigenvalue weighted by Crippen LogP contribution is 2.22. The second-order valence-corrected chi connectivity index (χ2v) is 4.88. The lowest BCUT2D eigenvalue weighted by Crippen LogP contribution is -2.24. The molecule has 84 valence electrons. The molecule has 5 nitrogen and oxygen atoms in total. The molecule has 0 bridgehead atoms. The molecule has 0 aliphatic carbocycles. The van der Waals surface area contributed by atoms with Gasteiger partial charge in [0.05, 0.1) is 10.2 Å². The zero-order chi connectivity index (χ0) is 11.8. The largest absolute Gasteiger partial charge is 0.354 e. The van der Waals surface area contributed by atoms with Gasteiger partial charge in [-0.05, 0) is 15.9 Å². The second-order valence-electron chi connectivity index (χ2n) is 2.56. The van der Waals surface area contributed by atoms with Gasteiger partial charge in [0.25, 0.3) is 6.43 Å². The number of sulfonamides is 1. The summed E-state index contributed by atoms with van der Waals surface area (Å²) < 4.78 is 46.1. The van der Waals surface area contributed by atoms with Crippen molar-refractivity contribution in [2.75, 3.05) is 0 Å². The van der Waals surface area contributed by atoms with Gasteiger partial charge >= 0.3 is 0 Å². The number of nitrogens with two attached hydrogens (primary N) is 1. The van der Waals surface area contributed by atoms with Crippen molar-refractivity contribution in [3.05, 3.63) is 26.6 Å². The third-order valence-electron chi connectivity index (χ3n) is 1.56. The predicted octanol–water partition coefficient (Wildman–Crippen LogP) is 0.722. The van der Waals surface area contributed by atoms with E-state index in [1.54, 1.807) is 0 Å². The maximum Gasteiger partial charge on any atom is 0.270 e. The lowest BCUT2D eigenvalue weighted by molar-refractivity contribution is 0.148. The molecule has 0 aromatic carbocycles. The van der Waals surface area contributed by atoms with Crippen LogP contribution in [0.1, 0.15) is 12.0 Å². The van der Waals surface area contributed by atoms with Crippen molar-refractivity contribution in [2.45, 2.75) is 11.3 Å². The standard InChI is InChI=1S/C6H5BrF2N2O3S/c7-5-3(6(8)9)4(12)2(1-11-5)15(10,13)14/h1,6H,(H,11,12)(H2,10,13,14). The molecule has 1 rings (SSSR count). The van der Waals surface area contributed by atoms with Crippen LogP contribution in [0.3, 0.4) is 0 Å². The summed E-state index contributed by atoms with van der Waals surface area (Å²) in [4.78, 5) is 12.6. The number of halogens is 3. The molecule has 0 unspecified atom stereocenters. The van der Waals surface area contributed by atoms with E-state index in [0.29, 0.717) is 0 Å². The number of hydrogen-bond donors (Lipinski definition) is 2. The molecule has 0 aliphatic rings. The number of nitrogens with one attached hydrogen (secondary N) is 1. The van der Waals surface area contributed by atoms with Gasteiger partial charge in [0.15, 0.2) is 0 Å². The molecule has 1 heterocycles.